The van der Waals surface area contributed by atoms with E-state index in [1.165, 1.54) is 12.1 Å². The minimum absolute atomic E-state index is 0. The number of imidazole rings is 1. The molecule has 3 atom stereocenters. The molecule has 1 amide bonds. The van der Waals surface area contributed by atoms with Crippen molar-refractivity contribution >= 4 is 30.7 Å². The molecule has 1 saturated carbocycles. The molecule has 0 spiro atoms. The number of hydrogen-bond acceptors (Lipinski definition) is 3. The van der Waals surface area contributed by atoms with Gasteiger partial charge in [0.1, 0.15) is 17.7 Å². The van der Waals surface area contributed by atoms with Crippen molar-refractivity contribution in [2.24, 2.45) is 24.6 Å². The van der Waals surface area contributed by atoms with Crippen LogP contribution in [-0.4, -0.2) is 22.0 Å². The maximum absolute atomic E-state index is 13.3. The lowest BCUT2D eigenvalue weighted by Gasteiger charge is -2.23. The first kappa shape index (κ1) is 22.4. The maximum Gasteiger partial charge on any atom is 0.224 e. The number of nitrogens with one attached hydrogen (secondary N) is 1. The molecular weight excluding hydrogens is 378 g/mol. The van der Waals surface area contributed by atoms with Gasteiger partial charge in [0, 0.05) is 25.4 Å². The first-order chi connectivity index (χ1) is 11.6. The molecule has 1 aromatic carbocycles. The van der Waals surface area contributed by atoms with Crippen LogP contribution in [0.3, 0.4) is 0 Å². The summed E-state index contributed by atoms with van der Waals surface area (Å²) in [6, 6.07) is 5.76. The molecule has 3 rings (SSSR count). The number of nitrogens with two attached hydrogens (primary N) is 1. The molecule has 1 aliphatic rings. The van der Waals surface area contributed by atoms with Gasteiger partial charge in [-0.25, -0.2) is 9.37 Å². The van der Waals surface area contributed by atoms with Crippen LogP contribution < -0.4 is 11.1 Å². The Morgan fingerprint density at radius 2 is 2.04 bits per heavy atom. The van der Waals surface area contributed by atoms with Crippen molar-refractivity contribution < 1.29 is 9.18 Å². The van der Waals surface area contributed by atoms with Crippen molar-refractivity contribution in [1.82, 2.24) is 14.9 Å². The Labute approximate surface area is 165 Å². The first-order valence-electron chi connectivity index (χ1n) is 8.33. The standard InChI is InChI=1S/C18H23FN4O.2ClH/c1-23-10-9-21-17(23)16(12-5-7-14(19)8-6-12)22-18(24)15-4-2-3-13(15)11-20;;/h5-10,13,15-16H,2-4,11,20H2,1H3,(H,22,24);2*1H/t13-,15-,16?;;/m1../s1. The van der Waals surface area contributed by atoms with Gasteiger partial charge >= 0.3 is 0 Å². The predicted octanol–water partition coefficient (Wildman–Crippen LogP) is 2.98. The summed E-state index contributed by atoms with van der Waals surface area (Å²) >= 11 is 0. The zero-order valence-electron chi connectivity index (χ0n) is 14.6. The molecule has 26 heavy (non-hydrogen) atoms. The lowest BCUT2D eigenvalue weighted by atomic mass is 9.94. The average molecular weight is 403 g/mol. The highest BCUT2D eigenvalue weighted by atomic mass is 35.5. The number of hydrogen-bond donors (Lipinski definition) is 2. The summed E-state index contributed by atoms with van der Waals surface area (Å²) < 4.78 is 15.1. The number of aromatic nitrogens is 2. The van der Waals surface area contributed by atoms with Gasteiger partial charge in [0.25, 0.3) is 0 Å². The van der Waals surface area contributed by atoms with E-state index in [1.807, 2.05) is 17.8 Å². The Morgan fingerprint density at radius 1 is 1.35 bits per heavy atom. The van der Waals surface area contributed by atoms with Crippen LogP contribution in [0.2, 0.25) is 0 Å². The predicted molar refractivity (Wildman–Crippen MR) is 104 cm³/mol. The Kier molecular flexibility index (Phi) is 8.53. The molecule has 1 fully saturated rings. The molecule has 1 aromatic heterocycles. The van der Waals surface area contributed by atoms with Crippen LogP contribution in [0.1, 0.15) is 36.7 Å². The second-order valence-corrected chi connectivity index (χ2v) is 6.42. The molecule has 8 heteroatoms. The van der Waals surface area contributed by atoms with E-state index >= 15 is 0 Å². The van der Waals surface area contributed by atoms with Crippen molar-refractivity contribution in [3.63, 3.8) is 0 Å². The SMILES string of the molecule is Cl.Cl.Cn1ccnc1C(NC(=O)[C@@H]1CCC[C@@H]1CN)c1ccc(F)cc1. The smallest absolute Gasteiger partial charge is 0.224 e. The van der Waals surface area contributed by atoms with Crippen LogP contribution in [0.4, 0.5) is 4.39 Å². The van der Waals surface area contributed by atoms with E-state index in [-0.39, 0.29) is 48.4 Å². The molecule has 5 nitrogen and oxygen atoms in total. The Balaban J connectivity index is 0.00000169. The largest absolute Gasteiger partial charge is 0.342 e. The molecule has 0 radical (unpaired) electrons. The van der Waals surface area contributed by atoms with Gasteiger partial charge in [-0.2, -0.15) is 0 Å². The highest BCUT2D eigenvalue weighted by Crippen LogP contribution is 2.32. The first-order valence-corrected chi connectivity index (χ1v) is 8.33. The van der Waals surface area contributed by atoms with Gasteiger partial charge in [-0.05, 0) is 43.0 Å². The lowest BCUT2D eigenvalue weighted by Crippen LogP contribution is -2.38. The van der Waals surface area contributed by atoms with E-state index in [0.29, 0.717) is 6.54 Å². The fourth-order valence-electron chi connectivity index (χ4n) is 3.52. The number of benzene rings is 1. The number of halogens is 3. The van der Waals surface area contributed by atoms with Gasteiger partial charge in [0.15, 0.2) is 0 Å². The maximum atomic E-state index is 13.3. The van der Waals surface area contributed by atoms with Crippen molar-refractivity contribution in [3.05, 3.63) is 53.9 Å². The molecule has 0 aliphatic heterocycles. The minimum atomic E-state index is -0.405. The van der Waals surface area contributed by atoms with Crippen LogP contribution in [0, 0.1) is 17.7 Å². The van der Waals surface area contributed by atoms with Gasteiger partial charge in [-0.3, -0.25) is 4.79 Å². The second-order valence-electron chi connectivity index (χ2n) is 6.42. The highest BCUT2D eigenvalue weighted by molar-refractivity contribution is 5.85. The molecule has 0 bridgehead atoms. The van der Waals surface area contributed by atoms with E-state index in [0.717, 1.165) is 30.7 Å². The third-order valence-electron chi connectivity index (χ3n) is 4.91. The fraction of sp³-hybridized carbons (Fsp3) is 0.444. The molecule has 1 aliphatic carbocycles. The Bertz CT molecular complexity index is 707. The number of rotatable bonds is 5. The van der Waals surface area contributed by atoms with Crippen LogP contribution >= 0.6 is 24.8 Å². The normalized spacial score (nSPS) is 20.0. The molecule has 1 unspecified atom stereocenters. The van der Waals surface area contributed by atoms with Gasteiger partial charge in [-0.1, -0.05) is 18.6 Å². The summed E-state index contributed by atoms with van der Waals surface area (Å²) in [5.74, 6) is 0.596. The highest BCUT2D eigenvalue weighted by Gasteiger charge is 2.33. The van der Waals surface area contributed by atoms with Crippen molar-refractivity contribution in [1.29, 1.82) is 0 Å². The van der Waals surface area contributed by atoms with Crippen LogP contribution in [0.15, 0.2) is 36.7 Å². The van der Waals surface area contributed by atoms with E-state index in [1.54, 1.807) is 18.3 Å². The zero-order valence-corrected chi connectivity index (χ0v) is 16.2. The zero-order chi connectivity index (χ0) is 17.1. The lowest BCUT2D eigenvalue weighted by molar-refractivity contribution is -0.126. The number of nitrogens with zero attached hydrogens (tertiary/aromatic N) is 2. The average Bonchev–Trinajstić information content (AvgIpc) is 3.22. The number of carbonyl (C=O) groups excluding carboxylic acids is 1. The number of amides is 1. The summed E-state index contributed by atoms with van der Waals surface area (Å²) in [6.45, 7) is 0.529. The molecular formula is C18H25Cl2FN4O. The quantitative estimate of drug-likeness (QED) is 0.806. The number of carbonyl (C=O) groups is 1. The Morgan fingerprint density at radius 3 is 2.62 bits per heavy atom. The molecule has 3 N–H and O–H groups in total. The third kappa shape index (κ3) is 4.75. The Hall–Kier alpha value is -1.63. The van der Waals surface area contributed by atoms with Gasteiger partial charge in [-0.15, -0.1) is 24.8 Å². The summed E-state index contributed by atoms with van der Waals surface area (Å²) in [7, 11) is 1.88. The van der Waals surface area contributed by atoms with Crippen LogP contribution in [-0.2, 0) is 11.8 Å². The van der Waals surface area contributed by atoms with Crippen molar-refractivity contribution in [2.75, 3.05) is 6.54 Å². The summed E-state index contributed by atoms with van der Waals surface area (Å²) in [5.41, 5.74) is 6.61. The summed E-state index contributed by atoms with van der Waals surface area (Å²) in [4.78, 5) is 17.2. The monoisotopic (exact) mass is 402 g/mol. The van der Waals surface area contributed by atoms with E-state index in [2.05, 4.69) is 10.3 Å². The van der Waals surface area contributed by atoms with E-state index in [9.17, 15) is 9.18 Å². The number of aryl methyl sites for hydroxylation is 1. The van der Waals surface area contributed by atoms with Crippen LogP contribution in [0.5, 0.6) is 0 Å². The molecule has 0 saturated heterocycles. The van der Waals surface area contributed by atoms with Crippen LogP contribution in [0.25, 0.3) is 0 Å². The fourth-order valence-corrected chi connectivity index (χ4v) is 3.52. The minimum Gasteiger partial charge on any atom is -0.342 e. The summed E-state index contributed by atoms with van der Waals surface area (Å²) in [6.07, 6.45) is 6.42. The molecule has 144 valence electrons. The van der Waals surface area contributed by atoms with Crippen molar-refractivity contribution in [3.8, 4) is 0 Å². The van der Waals surface area contributed by atoms with Gasteiger partial charge < -0.3 is 15.6 Å². The third-order valence-corrected chi connectivity index (χ3v) is 4.91. The van der Waals surface area contributed by atoms with Crippen molar-refractivity contribution in [2.45, 2.75) is 25.3 Å². The second kappa shape index (κ2) is 9.90. The van der Waals surface area contributed by atoms with E-state index in [4.69, 9.17) is 5.73 Å². The molecule has 1 heterocycles. The van der Waals surface area contributed by atoms with Gasteiger partial charge in [0.2, 0.25) is 5.91 Å². The topological polar surface area (TPSA) is 72.9 Å². The summed E-state index contributed by atoms with van der Waals surface area (Å²) in [5, 5.41) is 3.10. The van der Waals surface area contributed by atoms with Gasteiger partial charge in [0.05, 0.1) is 0 Å². The van der Waals surface area contributed by atoms with E-state index < -0.39 is 6.04 Å². The molecule has 2 aromatic rings.